The van der Waals surface area contributed by atoms with E-state index in [9.17, 15) is 0 Å². The predicted octanol–water partition coefficient (Wildman–Crippen LogP) is 3.35. The van der Waals surface area contributed by atoms with Crippen molar-refractivity contribution in [1.29, 1.82) is 0 Å². The van der Waals surface area contributed by atoms with Gasteiger partial charge in [-0.1, -0.05) is 34.1 Å². The molecule has 1 aromatic heterocycles. The van der Waals surface area contributed by atoms with Crippen molar-refractivity contribution in [2.24, 2.45) is 0 Å². The van der Waals surface area contributed by atoms with Gasteiger partial charge in [0.1, 0.15) is 5.82 Å². The van der Waals surface area contributed by atoms with Gasteiger partial charge < -0.3 is 11.1 Å². The SMILES string of the molecule is Cc1cc(N)cnc1NCc1ccccc1Br. The van der Waals surface area contributed by atoms with Crippen LogP contribution in [0.15, 0.2) is 41.0 Å². The Kier molecular flexibility index (Phi) is 3.64. The van der Waals surface area contributed by atoms with Crippen LogP contribution in [-0.4, -0.2) is 4.98 Å². The highest BCUT2D eigenvalue weighted by molar-refractivity contribution is 9.10. The van der Waals surface area contributed by atoms with E-state index in [4.69, 9.17) is 5.73 Å². The summed E-state index contributed by atoms with van der Waals surface area (Å²) in [6, 6.07) is 10.0. The van der Waals surface area contributed by atoms with Crippen molar-refractivity contribution >= 4 is 27.4 Å². The Labute approximate surface area is 109 Å². The van der Waals surface area contributed by atoms with E-state index in [1.807, 2.05) is 31.2 Å². The molecule has 0 saturated carbocycles. The molecule has 0 aliphatic heterocycles. The summed E-state index contributed by atoms with van der Waals surface area (Å²) < 4.78 is 1.10. The van der Waals surface area contributed by atoms with Gasteiger partial charge in [-0.15, -0.1) is 0 Å². The van der Waals surface area contributed by atoms with Crippen LogP contribution in [0.1, 0.15) is 11.1 Å². The smallest absolute Gasteiger partial charge is 0.129 e. The van der Waals surface area contributed by atoms with E-state index in [0.717, 1.165) is 22.4 Å². The predicted molar refractivity (Wildman–Crippen MR) is 74.9 cm³/mol. The lowest BCUT2D eigenvalue weighted by molar-refractivity contribution is 1.09. The number of hydrogen-bond donors (Lipinski definition) is 2. The molecule has 4 heteroatoms. The van der Waals surface area contributed by atoms with Crippen LogP contribution in [0.3, 0.4) is 0 Å². The number of rotatable bonds is 3. The molecule has 0 atom stereocenters. The molecule has 0 spiro atoms. The first-order chi connectivity index (χ1) is 8.16. The zero-order valence-corrected chi connectivity index (χ0v) is 11.2. The van der Waals surface area contributed by atoms with Crippen LogP contribution >= 0.6 is 15.9 Å². The maximum absolute atomic E-state index is 5.66. The van der Waals surface area contributed by atoms with Crippen LogP contribution in [-0.2, 0) is 6.54 Å². The molecule has 0 bridgehead atoms. The van der Waals surface area contributed by atoms with E-state index in [2.05, 4.69) is 32.3 Å². The van der Waals surface area contributed by atoms with Crippen LogP contribution in [0.4, 0.5) is 11.5 Å². The third-order valence-corrected chi connectivity index (χ3v) is 3.28. The monoisotopic (exact) mass is 291 g/mol. The van der Waals surface area contributed by atoms with Crippen LogP contribution in [0, 0.1) is 6.92 Å². The van der Waals surface area contributed by atoms with E-state index in [0.29, 0.717) is 5.69 Å². The molecule has 0 aliphatic rings. The molecule has 2 aromatic rings. The van der Waals surface area contributed by atoms with Gasteiger partial charge in [0.2, 0.25) is 0 Å². The van der Waals surface area contributed by atoms with Crippen LogP contribution in [0.25, 0.3) is 0 Å². The third kappa shape index (κ3) is 2.97. The molecule has 17 heavy (non-hydrogen) atoms. The first-order valence-electron chi connectivity index (χ1n) is 5.36. The van der Waals surface area contributed by atoms with Gasteiger partial charge in [-0.05, 0) is 30.2 Å². The Hall–Kier alpha value is -1.55. The van der Waals surface area contributed by atoms with Gasteiger partial charge >= 0.3 is 0 Å². The summed E-state index contributed by atoms with van der Waals surface area (Å²) in [5.41, 5.74) is 8.60. The molecule has 3 nitrogen and oxygen atoms in total. The fraction of sp³-hybridized carbons (Fsp3) is 0.154. The lowest BCUT2D eigenvalue weighted by atomic mass is 10.2. The van der Waals surface area contributed by atoms with E-state index in [1.54, 1.807) is 6.20 Å². The minimum absolute atomic E-state index is 0.689. The largest absolute Gasteiger partial charge is 0.397 e. The molecule has 0 aliphatic carbocycles. The number of aryl methyl sites for hydroxylation is 1. The summed E-state index contributed by atoms with van der Waals surface area (Å²) in [5.74, 6) is 0.870. The average Bonchev–Trinajstić information content (AvgIpc) is 2.30. The van der Waals surface area contributed by atoms with Crippen LogP contribution in [0.2, 0.25) is 0 Å². The number of nitrogens with one attached hydrogen (secondary N) is 1. The van der Waals surface area contributed by atoms with Crippen molar-refractivity contribution in [2.45, 2.75) is 13.5 Å². The van der Waals surface area contributed by atoms with Crippen molar-refractivity contribution in [3.63, 3.8) is 0 Å². The lowest BCUT2D eigenvalue weighted by Crippen LogP contribution is -2.04. The van der Waals surface area contributed by atoms with Gasteiger partial charge in [-0.3, -0.25) is 0 Å². The number of benzene rings is 1. The van der Waals surface area contributed by atoms with Crippen LogP contribution < -0.4 is 11.1 Å². The Morgan fingerprint density at radius 3 is 2.82 bits per heavy atom. The molecule has 1 aromatic carbocycles. The first kappa shape index (κ1) is 11.9. The number of nitrogen functional groups attached to an aromatic ring is 1. The first-order valence-corrected chi connectivity index (χ1v) is 6.15. The lowest BCUT2D eigenvalue weighted by Gasteiger charge is -2.10. The molecular weight excluding hydrogens is 278 g/mol. The van der Waals surface area contributed by atoms with E-state index in [1.165, 1.54) is 5.56 Å². The van der Waals surface area contributed by atoms with Crippen molar-refractivity contribution in [3.8, 4) is 0 Å². The molecule has 0 radical (unpaired) electrons. The molecule has 3 N–H and O–H groups in total. The van der Waals surface area contributed by atoms with E-state index < -0.39 is 0 Å². The molecule has 0 unspecified atom stereocenters. The molecule has 2 rings (SSSR count). The normalized spacial score (nSPS) is 10.2. The minimum atomic E-state index is 0.689. The molecular formula is C13H14BrN3. The Bertz CT molecular complexity index is 526. The fourth-order valence-electron chi connectivity index (χ4n) is 1.60. The second-order valence-electron chi connectivity index (χ2n) is 3.88. The summed E-state index contributed by atoms with van der Waals surface area (Å²) >= 11 is 3.52. The maximum Gasteiger partial charge on any atom is 0.129 e. The highest BCUT2D eigenvalue weighted by Crippen LogP contribution is 2.19. The second-order valence-corrected chi connectivity index (χ2v) is 4.73. The molecule has 0 amide bonds. The summed E-state index contributed by atoms with van der Waals surface area (Å²) in [6.07, 6.45) is 1.66. The minimum Gasteiger partial charge on any atom is -0.397 e. The van der Waals surface area contributed by atoms with Crippen LogP contribution in [0.5, 0.6) is 0 Å². The Morgan fingerprint density at radius 1 is 1.35 bits per heavy atom. The van der Waals surface area contributed by atoms with E-state index in [-0.39, 0.29) is 0 Å². The quantitative estimate of drug-likeness (QED) is 0.912. The summed E-state index contributed by atoms with van der Waals surface area (Å²) in [6.45, 7) is 2.73. The second kappa shape index (κ2) is 5.19. The Morgan fingerprint density at radius 2 is 2.12 bits per heavy atom. The van der Waals surface area contributed by atoms with E-state index >= 15 is 0 Å². The van der Waals surface area contributed by atoms with Crippen molar-refractivity contribution in [3.05, 3.63) is 52.1 Å². The van der Waals surface area contributed by atoms with Gasteiger partial charge in [0, 0.05) is 11.0 Å². The number of halogens is 1. The van der Waals surface area contributed by atoms with Gasteiger partial charge in [-0.25, -0.2) is 4.98 Å². The van der Waals surface area contributed by atoms with Gasteiger partial charge in [0.25, 0.3) is 0 Å². The highest BCUT2D eigenvalue weighted by atomic mass is 79.9. The molecule has 0 fully saturated rings. The van der Waals surface area contributed by atoms with Gasteiger partial charge in [0.15, 0.2) is 0 Å². The van der Waals surface area contributed by atoms with Crippen molar-refractivity contribution < 1.29 is 0 Å². The maximum atomic E-state index is 5.66. The standard InChI is InChI=1S/C13H14BrN3/c1-9-6-11(15)8-17-13(9)16-7-10-4-2-3-5-12(10)14/h2-6,8H,7,15H2,1H3,(H,16,17). The zero-order chi connectivity index (χ0) is 12.3. The van der Waals surface area contributed by atoms with Crippen molar-refractivity contribution in [2.75, 3.05) is 11.1 Å². The van der Waals surface area contributed by atoms with Crippen molar-refractivity contribution in [1.82, 2.24) is 4.98 Å². The molecule has 0 saturated heterocycles. The number of anilines is 2. The third-order valence-electron chi connectivity index (χ3n) is 2.50. The van der Waals surface area contributed by atoms with Gasteiger partial charge in [0.05, 0.1) is 11.9 Å². The summed E-state index contributed by atoms with van der Waals surface area (Å²) in [4.78, 5) is 4.27. The topological polar surface area (TPSA) is 50.9 Å². The summed E-state index contributed by atoms with van der Waals surface area (Å²) in [7, 11) is 0. The number of hydrogen-bond acceptors (Lipinski definition) is 3. The Balaban J connectivity index is 2.10. The number of nitrogens with zero attached hydrogens (tertiary/aromatic N) is 1. The fourth-order valence-corrected chi connectivity index (χ4v) is 2.03. The average molecular weight is 292 g/mol. The van der Waals surface area contributed by atoms with Gasteiger partial charge in [-0.2, -0.15) is 0 Å². The number of aromatic nitrogens is 1. The molecule has 1 heterocycles. The molecule has 88 valence electrons. The summed E-state index contributed by atoms with van der Waals surface area (Å²) in [5, 5.41) is 3.30. The highest BCUT2D eigenvalue weighted by Gasteiger charge is 2.02. The number of pyridine rings is 1. The zero-order valence-electron chi connectivity index (χ0n) is 9.57. The number of nitrogens with two attached hydrogens (primary N) is 1.